The van der Waals surface area contributed by atoms with E-state index in [2.05, 4.69) is 15.5 Å². The number of carbonyl (C=O) groups is 2. The normalized spacial score (nSPS) is 15.3. The van der Waals surface area contributed by atoms with Crippen molar-refractivity contribution in [2.45, 2.75) is 19.0 Å². The van der Waals surface area contributed by atoms with Crippen LogP contribution in [0.3, 0.4) is 0 Å². The van der Waals surface area contributed by atoms with Gasteiger partial charge in [0, 0.05) is 17.4 Å². The number of benzene rings is 1. The second kappa shape index (κ2) is 8.87. The lowest BCUT2D eigenvalue weighted by Gasteiger charge is -2.12. The monoisotopic (exact) mass is 500 g/mol. The molecule has 3 N–H and O–H groups in total. The molecule has 0 saturated heterocycles. The Morgan fingerprint density at radius 3 is 2.63 bits per heavy atom. The van der Waals surface area contributed by atoms with E-state index in [0.717, 1.165) is 17.4 Å². The van der Waals surface area contributed by atoms with Crippen molar-refractivity contribution in [2.24, 2.45) is 10.9 Å². The van der Waals surface area contributed by atoms with E-state index in [0.29, 0.717) is 11.3 Å². The van der Waals surface area contributed by atoms with Crippen molar-refractivity contribution in [1.82, 2.24) is 4.98 Å². The van der Waals surface area contributed by atoms with Crippen LogP contribution in [0.15, 0.2) is 58.3 Å². The van der Waals surface area contributed by atoms with Gasteiger partial charge in [0.2, 0.25) is 6.10 Å². The summed E-state index contributed by atoms with van der Waals surface area (Å²) in [6.45, 7) is 0. The first-order valence-electron chi connectivity index (χ1n) is 10.2. The molecular weight excluding hydrogens is 485 g/mol. The Morgan fingerprint density at radius 2 is 1.97 bits per heavy atom. The summed E-state index contributed by atoms with van der Waals surface area (Å²) in [4.78, 5) is 34.5. The molecule has 1 aliphatic heterocycles. The first kappa shape index (κ1) is 22.6. The number of primary amides is 1. The second-order valence-electron chi connectivity index (χ2n) is 7.56. The molecule has 35 heavy (non-hydrogen) atoms. The molecule has 0 saturated carbocycles. The molecule has 0 spiro atoms. The van der Waals surface area contributed by atoms with Crippen LogP contribution in [0.5, 0.6) is 0 Å². The number of furan rings is 1. The molecule has 178 valence electrons. The Kier molecular flexibility index (Phi) is 5.73. The number of hydrogen-bond acceptors (Lipinski definition) is 7. The molecule has 0 bridgehead atoms. The highest BCUT2D eigenvalue weighted by Gasteiger charge is 2.32. The summed E-state index contributed by atoms with van der Waals surface area (Å²) in [5, 5.41) is 6.77. The largest absolute Gasteiger partial charge is 0.464 e. The van der Waals surface area contributed by atoms with Crippen LogP contribution in [0.4, 0.5) is 18.9 Å². The lowest BCUT2D eigenvalue weighted by Crippen LogP contribution is -2.29. The number of pyridine rings is 1. The van der Waals surface area contributed by atoms with Crippen molar-refractivity contribution in [1.29, 1.82) is 0 Å². The van der Waals surface area contributed by atoms with E-state index in [1.165, 1.54) is 30.5 Å². The van der Waals surface area contributed by atoms with E-state index in [4.69, 9.17) is 15.0 Å². The maximum Gasteiger partial charge on any atom is 0.280 e. The van der Waals surface area contributed by atoms with E-state index in [9.17, 15) is 22.8 Å². The molecule has 3 aromatic heterocycles. The number of halogens is 3. The van der Waals surface area contributed by atoms with Gasteiger partial charge in [0.25, 0.3) is 18.2 Å². The zero-order chi connectivity index (χ0) is 24.7. The van der Waals surface area contributed by atoms with Gasteiger partial charge in [-0.15, -0.1) is 11.3 Å². The van der Waals surface area contributed by atoms with Gasteiger partial charge in [0.15, 0.2) is 0 Å². The Hall–Kier alpha value is -4.19. The number of amides is 2. The zero-order valence-electron chi connectivity index (χ0n) is 17.6. The van der Waals surface area contributed by atoms with E-state index >= 15 is 0 Å². The first-order valence-corrected chi connectivity index (χ1v) is 11.0. The highest BCUT2D eigenvalue weighted by atomic mass is 32.1. The number of oxime groups is 1. The van der Waals surface area contributed by atoms with Gasteiger partial charge in [0.1, 0.15) is 27.0 Å². The van der Waals surface area contributed by atoms with Crippen LogP contribution in [0, 0.1) is 5.82 Å². The Bertz CT molecular complexity index is 1470. The van der Waals surface area contributed by atoms with Crippen LogP contribution >= 0.6 is 11.3 Å². The van der Waals surface area contributed by atoms with Crippen LogP contribution in [0.25, 0.3) is 21.5 Å². The summed E-state index contributed by atoms with van der Waals surface area (Å²) in [6.07, 6.45) is -2.47. The van der Waals surface area contributed by atoms with E-state index in [1.54, 1.807) is 12.1 Å². The van der Waals surface area contributed by atoms with Crippen LogP contribution < -0.4 is 11.1 Å². The Morgan fingerprint density at radius 1 is 1.20 bits per heavy atom. The maximum atomic E-state index is 13.5. The third-order valence-electron chi connectivity index (χ3n) is 5.30. The minimum absolute atomic E-state index is 0.0149. The molecule has 5 rings (SSSR count). The summed E-state index contributed by atoms with van der Waals surface area (Å²) in [5.41, 5.74) is 6.26. The lowest BCUT2D eigenvalue weighted by atomic mass is 10.0. The average Bonchev–Trinajstić information content (AvgIpc) is 3.59. The van der Waals surface area contributed by atoms with Gasteiger partial charge < -0.3 is 20.3 Å². The average molecular weight is 500 g/mol. The fourth-order valence-corrected chi connectivity index (χ4v) is 4.70. The Balaban J connectivity index is 1.51. The summed E-state index contributed by atoms with van der Waals surface area (Å²) in [5.74, 6) is -1.69. The maximum absolute atomic E-state index is 13.5. The van der Waals surface area contributed by atoms with Crippen LogP contribution in [0.1, 0.15) is 33.8 Å². The van der Waals surface area contributed by atoms with Crippen molar-refractivity contribution in [3.05, 3.63) is 70.7 Å². The number of carbonyl (C=O) groups excluding carboxylic acids is 2. The number of fused-ring (bicyclic) bond motifs is 1. The third-order valence-corrected chi connectivity index (χ3v) is 6.40. The summed E-state index contributed by atoms with van der Waals surface area (Å²) in [6, 6.07) is 9.82. The second-order valence-corrected chi connectivity index (χ2v) is 8.55. The molecule has 0 aliphatic carbocycles. The van der Waals surface area contributed by atoms with Crippen molar-refractivity contribution < 1.29 is 32.0 Å². The molecule has 1 unspecified atom stereocenters. The number of nitrogens with one attached hydrogen (secondary N) is 1. The third kappa shape index (κ3) is 4.23. The number of alkyl halides is 2. The van der Waals surface area contributed by atoms with Crippen molar-refractivity contribution >= 4 is 44.8 Å². The predicted octanol–water partition coefficient (Wildman–Crippen LogP) is 4.86. The van der Waals surface area contributed by atoms with Gasteiger partial charge >= 0.3 is 0 Å². The topological polar surface area (TPSA) is 120 Å². The molecule has 0 radical (unpaired) electrons. The molecule has 1 aromatic carbocycles. The number of nitrogens with two attached hydrogens (primary N) is 1. The fraction of sp³-hybridized carbons (Fsp3) is 0.130. The Labute approximate surface area is 199 Å². The number of hydrogen-bond donors (Lipinski definition) is 2. The van der Waals surface area contributed by atoms with E-state index in [1.807, 2.05) is 0 Å². The molecule has 12 heteroatoms. The SMILES string of the molecule is NC(=O)c1sc2nc(C(F)F)cc(-c3ccco3)c2c1NC(=O)C1CC(c2ccc(F)cc2)=NO1. The van der Waals surface area contributed by atoms with Crippen LogP contribution in [0.2, 0.25) is 0 Å². The summed E-state index contributed by atoms with van der Waals surface area (Å²) < 4.78 is 45.6. The summed E-state index contributed by atoms with van der Waals surface area (Å²) in [7, 11) is 0. The number of nitrogens with zero attached hydrogens (tertiary/aromatic N) is 2. The van der Waals surface area contributed by atoms with Gasteiger partial charge in [0.05, 0.1) is 17.7 Å². The van der Waals surface area contributed by atoms with E-state index < -0.39 is 35.9 Å². The summed E-state index contributed by atoms with van der Waals surface area (Å²) >= 11 is 0.778. The van der Waals surface area contributed by atoms with Crippen LogP contribution in [-0.4, -0.2) is 28.6 Å². The van der Waals surface area contributed by atoms with Crippen LogP contribution in [-0.2, 0) is 9.63 Å². The molecule has 4 aromatic rings. The molecule has 1 aliphatic rings. The van der Waals surface area contributed by atoms with Crippen molar-refractivity contribution in [3.8, 4) is 11.3 Å². The van der Waals surface area contributed by atoms with Gasteiger partial charge in [-0.25, -0.2) is 18.2 Å². The number of anilines is 1. The fourth-order valence-electron chi connectivity index (χ4n) is 3.68. The smallest absolute Gasteiger partial charge is 0.280 e. The molecule has 0 fully saturated rings. The van der Waals surface area contributed by atoms with Crippen molar-refractivity contribution in [2.75, 3.05) is 5.32 Å². The molecule has 1 atom stereocenters. The quantitative estimate of drug-likeness (QED) is 0.392. The minimum atomic E-state index is -2.88. The predicted molar refractivity (Wildman–Crippen MR) is 122 cm³/mol. The molecular formula is C23H15F3N4O4S. The van der Waals surface area contributed by atoms with Gasteiger partial charge in [-0.3, -0.25) is 9.59 Å². The van der Waals surface area contributed by atoms with Gasteiger partial charge in [-0.2, -0.15) is 0 Å². The lowest BCUT2D eigenvalue weighted by molar-refractivity contribution is -0.125. The number of rotatable bonds is 6. The van der Waals surface area contributed by atoms with E-state index in [-0.39, 0.29) is 38.5 Å². The highest BCUT2D eigenvalue weighted by Crippen LogP contribution is 2.42. The number of thiophene rings is 1. The molecule has 4 heterocycles. The molecule has 2 amide bonds. The molecule has 8 nitrogen and oxygen atoms in total. The van der Waals surface area contributed by atoms with Gasteiger partial charge in [-0.05, 0) is 35.9 Å². The zero-order valence-corrected chi connectivity index (χ0v) is 18.4. The first-order chi connectivity index (χ1) is 16.8. The van der Waals surface area contributed by atoms with Crippen molar-refractivity contribution in [3.63, 3.8) is 0 Å². The minimum Gasteiger partial charge on any atom is -0.464 e. The number of aromatic nitrogens is 1. The standard InChI is InChI=1S/C23H15F3N4O4S/c24-11-5-3-10(4-6-11)13-9-16(34-30-13)22(32)29-18-17-12(15-2-1-7-33-15)8-14(20(25)26)28-23(17)35-19(18)21(27)31/h1-8,16,20H,9H2,(H2,27,31)(H,29,32). The highest BCUT2D eigenvalue weighted by molar-refractivity contribution is 7.21. The van der Waals surface area contributed by atoms with Gasteiger partial charge in [-0.1, -0.05) is 17.3 Å².